The Hall–Kier alpha value is -0.560. The Morgan fingerprint density at radius 1 is 1.69 bits per heavy atom. The number of hydrogen-bond acceptors (Lipinski definition) is 5. The number of thioether (sulfide) groups is 1. The second-order valence-electron chi connectivity index (χ2n) is 3.52. The average molecular weight is 259 g/mol. The number of carbonyl (C=O) groups excluding carboxylic acids is 1. The van der Waals surface area contributed by atoms with E-state index in [1.807, 2.05) is 13.0 Å². The quantitative estimate of drug-likeness (QED) is 0.422. The van der Waals surface area contributed by atoms with Crippen molar-refractivity contribution in [2.45, 2.75) is 24.9 Å². The molecule has 16 heavy (non-hydrogen) atoms. The Balaban J connectivity index is 2.67. The van der Waals surface area contributed by atoms with Crippen LogP contribution in [0.4, 0.5) is 0 Å². The minimum atomic E-state index is -0.226. The van der Waals surface area contributed by atoms with Crippen LogP contribution in [0.5, 0.6) is 0 Å². The van der Waals surface area contributed by atoms with Gasteiger partial charge in [0.1, 0.15) is 0 Å². The molecule has 6 heteroatoms. The molecule has 0 aliphatic carbocycles. The normalized spacial score (nSPS) is 12.5. The fraction of sp³-hybridized carbons (Fsp3) is 0.500. The number of carbonyl (C=O) groups is 1. The Morgan fingerprint density at radius 3 is 2.94 bits per heavy atom. The summed E-state index contributed by atoms with van der Waals surface area (Å²) in [6.07, 6.45) is 0. The average Bonchev–Trinajstić information content (AvgIpc) is 2.66. The van der Waals surface area contributed by atoms with Crippen molar-refractivity contribution in [3.8, 4) is 0 Å². The smallest absolute Gasteiger partial charge is 0.275 e. The van der Waals surface area contributed by atoms with Gasteiger partial charge in [-0.05, 0) is 18.6 Å². The monoisotopic (exact) mass is 259 g/mol. The number of rotatable bonds is 5. The predicted molar refractivity (Wildman–Crippen MR) is 70.5 cm³/mol. The van der Waals surface area contributed by atoms with E-state index in [9.17, 15) is 4.79 Å². The van der Waals surface area contributed by atoms with Crippen molar-refractivity contribution in [3.63, 3.8) is 0 Å². The first kappa shape index (κ1) is 13.5. The number of nitrogens with one attached hydrogen (secondary N) is 1. The number of thiophene rings is 1. The maximum absolute atomic E-state index is 11.3. The zero-order valence-corrected chi connectivity index (χ0v) is 11.1. The fourth-order valence-electron chi connectivity index (χ4n) is 1.15. The van der Waals surface area contributed by atoms with Crippen molar-refractivity contribution in [1.82, 2.24) is 5.43 Å². The lowest BCUT2D eigenvalue weighted by Crippen LogP contribution is -2.29. The van der Waals surface area contributed by atoms with Crippen molar-refractivity contribution in [2.24, 2.45) is 11.6 Å². The lowest BCUT2D eigenvalue weighted by molar-refractivity contribution is 0.0957. The maximum Gasteiger partial charge on any atom is 0.275 e. The van der Waals surface area contributed by atoms with Gasteiger partial charge < -0.3 is 5.73 Å². The van der Waals surface area contributed by atoms with Gasteiger partial charge in [0.2, 0.25) is 0 Å². The number of hydrogen-bond donors (Lipinski definition) is 3. The molecule has 4 nitrogen and oxygen atoms in total. The van der Waals surface area contributed by atoms with E-state index in [1.54, 1.807) is 11.8 Å². The SMILES string of the molecule is Cc1sc(C(=O)NN)cc1CSC(C)CN. The van der Waals surface area contributed by atoms with Crippen LogP contribution in [0, 0.1) is 6.92 Å². The molecule has 1 aromatic heterocycles. The van der Waals surface area contributed by atoms with E-state index in [-0.39, 0.29) is 5.91 Å². The summed E-state index contributed by atoms with van der Waals surface area (Å²) in [6.45, 7) is 4.78. The topological polar surface area (TPSA) is 81.1 Å². The number of hydrazine groups is 1. The van der Waals surface area contributed by atoms with Crippen molar-refractivity contribution in [3.05, 3.63) is 21.4 Å². The van der Waals surface area contributed by atoms with E-state index in [0.29, 0.717) is 16.7 Å². The highest BCUT2D eigenvalue weighted by Crippen LogP contribution is 2.26. The van der Waals surface area contributed by atoms with Gasteiger partial charge >= 0.3 is 0 Å². The highest BCUT2D eigenvalue weighted by molar-refractivity contribution is 7.99. The summed E-state index contributed by atoms with van der Waals surface area (Å²) in [5, 5.41) is 0.436. The minimum Gasteiger partial charge on any atom is -0.329 e. The van der Waals surface area contributed by atoms with Crippen molar-refractivity contribution < 1.29 is 4.79 Å². The molecule has 0 spiro atoms. The van der Waals surface area contributed by atoms with Crippen LogP contribution in [0.3, 0.4) is 0 Å². The van der Waals surface area contributed by atoms with Crippen molar-refractivity contribution in [1.29, 1.82) is 0 Å². The highest BCUT2D eigenvalue weighted by Gasteiger charge is 2.12. The van der Waals surface area contributed by atoms with Gasteiger partial charge in [0.25, 0.3) is 5.91 Å². The standard InChI is InChI=1S/C10H17N3OS2/c1-6(4-11)15-5-8-3-9(10(14)13-12)16-7(8)2/h3,6H,4-5,11-12H2,1-2H3,(H,13,14). The fourth-order valence-corrected chi connectivity index (χ4v) is 3.08. The van der Waals surface area contributed by atoms with Gasteiger partial charge in [0.05, 0.1) is 4.88 Å². The molecule has 1 aromatic rings. The first-order valence-corrected chi connectivity index (χ1v) is 6.87. The minimum absolute atomic E-state index is 0.226. The molecule has 0 aliphatic heterocycles. The zero-order valence-electron chi connectivity index (χ0n) is 9.45. The van der Waals surface area contributed by atoms with Crippen LogP contribution in [0.15, 0.2) is 6.07 Å². The Labute approximate surface area is 104 Å². The molecule has 1 heterocycles. The van der Waals surface area contributed by atoms with Crippen LogP contribution in [-0.4, -0.2) is 17.7 Å². The Bertz CT molecular complexity index is 365. The largest absolute Gasteiger partial charge is 0.329 e. The third-order valence-corrected chi connectivity index (χ3v) is 4.56. The summed E-state index contributed by atoms with van der Waals surface area (Å²) in [7, 11) is 0. The molecule has 1 unspecified atom stereocenters. The molecule has 5 N–H and O–H groups in total. The summed E-state index contributed by atoms with van der Waals surface area (Å²) < 4.78 is 0. The van der Waals surface area contributed by atoms with Crippen molar-refractivity contribution in [2.75, 3.05) is 6.54 Å². The van der Waals surface area contributed by atoms with Crippen LogP contribution >= 0.6 is 23.1 Å². The zero-order chi connectivity index (χ0) is 12.1. The molecule has 0 saturated carbocycles. The van der Waals surface area contributed by atoms with Gasteiger partial charge in [-0.2, -0.15) is 11.8 Å². The number of amides is 1. The van der Waals surface area contributed by atoms with E-state index in [0.717, 1.165) is 10.6 Å². The Morgan fingerprint density at radius 2 is 2.38 bits per heavy atom. The molecule has 1 rings (SSSR count). The Kier molecular flexibility index (Phi) is 5.27. The molecule has 0 bridgehead atoms. The molecule has 0 saturated heterocycles. The lowest BCUT2D eigenvalue weighted by Gasteiger charge is -2.06. The molecule has 0 radical (unpaired) electrons. The summed E-state index contributed by atoms with van der Waals surface area (Å²) in [5.41, 5.74) is 8.88. The number of aryl methyl sites for hydroxylation is 1. The summed E-state index contributed by atoms with van der Waals surface area (Å²) in [6, 6.07) is 1.90. The first-order valence-electron chi connectivity index (χ1n) is 5.00. The molecule has 1 amide bonds. The van der Waals surface area contributed by atoms with Crippen molar-refractivity contribution >= 4 is 29.0 Å². The summed E-state index contributed by atoms with van der Waals surface area (Å²) in [5.74, 6) is 5.75. The van der Waals surface area contributed by atoms with E-state index >= 15 is 0 Å². The molecule has 1 atom stereocenters. The first-order chi connectivity index (χ1) is 7.58. The molecular weight excluding hydrogens is 242 g/mol. The molecule has 0 fully saturated rings. The summed E-state index contributed by atoms with van der Waals surface area (Å²) >= 11 is 3.26. The van der Waals surface area contributed by atoms with E-state index < -0.39 is 0 Å². The van der Waals surface area contributed by atoms with Gasteiger partial charge in [-0.25, -0.2) is 5.84 Å². The van der Waals surface area contributed by atoms with Gasteiger partial charge in [-0.15, -0.1) is 11.3 Å². The van der Waals surface area contributed by atoms with Gasteiger partial charge in [0, 0.05) is 22.4 Å². The number of nitrogen functional groups attached to an aromatic ring is 1. The summed E-state index contributed by atoms with van der Waals surface area (Å²) in [4.78, 5) is 13.1. The maximum atomic E-state index is 11.3. The van der Waals surface area contributed by atoms with E-state index in [2.05, 4.69) is 12.3 Å². The van der Waals surface area contributed by atoms with Gasteiger partial charge in [0.15, 0.2) is 0 Å². The second kappa shape index (κ2) is 6.24. The molecule has 0 aromatic carbocycles. The lowest BCUT2D eigenvalue weighted by atomic mass is 10.3. The van der Waals surface area contributed by atoms with Crippen LogP contribution in [0.1, 0.15) is 27.0 Å². The van der Waals surface area contributed by atoms with Gasteiger partial charge in [-0.3, -0.25) is 10.2 Å². The van der Waals surface area contributed by atoms with Crippen LogP contribution in [-0.2, 0) is 5.75 Å². The third kappa shape index (κ3) is 3.48. The number of nitrogens with two attached hydrogens (primary N) is 2. The van der Waals surface area contributed by atoms with Crippen LogP contribution < -0.4 is 17.0 Å². The van der Waals surface area contributed by atoms with Crippen LogP contribution in [0.25, 0.3) is 0 Å². The third-order valence-electron chi connectivity index (χ3n) is 2.23. The molecule has 0 aliphatic rings. The molecule has 90 valence electrons. The van der Waals surface area contributed by atoms with Gasteiger partial charge in [-0.1, -0.05) is 6.92 Å². The van der Waals surface area contributed by atoms with E-state index in [4.69, 9.17) is 11.6 Å². The molecular formula is C10H17N3OS2. The van der Waals surface area contributed by atoms with E-state index in [1.165, 1.54) is 16.9 Å². The predicted octanol–water partition coefficient (Wildman–Crippen LogP) is 1.24. The van der Waals surface area contributed by atoms with Crippen LogP contribution in [0.2, 0.25) is 0 Å². The second-order valence-corrected chi connectivity index (χ2v) is 6.21. The highest BCUT2D eigenvalue weighted by atomic mass is 32.2.